The number of rotatable bonds is 1. The second-order valence-corrected chi connectivity index (χ2v) is 2.35. The number of nitriles is 1. The zero-order chi connectivity index (χ0) is 10.3. The highest BCUT2D eigenvalue weighted by Gasteiger charge is 2.00. The monoisotopic (exact) mass is 198 g/mol. The summed E-state index contributed by atoms with van der Waals surface area (Å²) in [5, 5.41) is 17.3. The van der Waals surface area contributed by atoms with Gasteiger partial charge in [0.1, 0.15) is 6.07 Å². The van der Waals surface area contributed by atoms with Crippen LogP contribution in [-0.2, 0) is 6.61 Å². The fourth-order valence-corrected chi connectivity index (χ4v) is 0.877. The van der Waals surface area contributed by atoms with Crippen LogP contribution in [0, 0.1) is 11.3 Å². The molecule has 13 heavy (non-hydrogen) atoms. The molecular formula is C9H11ClN2O. The minimum absolute atomic E-state index is 0.113. The molecule has 1 N–H and O–H groups in total. The number of aromatic nitrogens is 1. The van der Waals surface area contributed by atoms with Crippen molar-refractivity contribution in [1.82, 2.24) is 4.98 Å². The molecule has 0 aromatic carbocycles. The fourth-order valence-electron chi connectivity index (χ4n) is 0.646. The Hall–Kier alpha value is -1.11. The van der Waals surface area contributed by atoms with Crippen molar-refractivity contribution >= 4 is 11.6 Å². The van der Waals surface area contributed by atoms with Crippen LogP contribution in [0.5, 0.6) is 0 Å². The summed E-state index contributed by atoms with van der Waals surface area (Å²) >= 11 is 5.61. The van der Waals surface area contributed by atoms with Crippen molar-refractivity contribution in [3.8, 4) is 6.07 Å². The number of hydrogen-bond donors (Lipinski definition) is 1. The lowest BCUT2D eigenvalue weighted by Crippen LogP contribution is -1.88. The Labute approximate surface area is 82.6 Å². The standard InChI is InChI=1S/C7H5ClN2O.C2H6/c8-6-1-5(4-11)3-10-7(6)2-9;1-2/h1,3,11H,4H2;1-2H3. The summed E-state index contributed by atoms with van der Waals surface area (Å²) in [6.07, 6.45) is 1.42. The highest BCUT2D eigenvalue weighted by atomic mass is 35.5. The maximum atomic E-state index is 8.64. The van der Waals surface area contributed by atoms with Gasteiger partial charge >= 0.3 is 0 Å². The van der Waals surface area contributed by atoms with Gasteiger partial charge in [-0.2, -0.15) is 5.26 Å². The van der Waals surface area contributed by atoms with E-state index in [-0.39, 0.29) is 17.3 Å². The third-order valence-corrected chi connectivity index (χ3v) is 1.47. The summed E-state index contributed by atoms with van der Waals surface area (Å²) < 4.78 is 0. The van der Waals surface area contributed by atoms with Crippen molar-refractivity contribution < 1.29 is 5.11 Å². The summed E-state index contributed by atoms with van der Waals surface area (Å²) in [5.41, 5.74) is 0.790. The summed E-state index contributed by atoms with van der Waals surface area (Å²) in [5.74, 6) is 0. The molecular weight excluding hydrogens is 188 g/mol. The molecule has 0 amide bonds. The zero-order valence-corrected chi connectivity index (χ0v) is 8.34. The van der Waals surface area contributed by atoms with E-state index >= 15 is 0 Å². The molecule has 0 aliphatic heterocycles. The molecule has 1 rings (SSSR count). The summed E-state index contributed by atoms with van der Waals surface area (Å²) in [6.45, 7) is 3.89. The first-order valence-electron chi connectivity index (χ1n) is 3.93. The highest BCUT2D eigenvalue weighted by Crippen LogP contribution is 2.13. The van der Waals surface area contributed by atoms with Crippen molar-refractivity contribution in [2.45, 2.75) is 20.5 Å². The van der Waals surface area contributed by atoms with Crippen LogP contribution in [-0.4, -0.2) is 10.1 Å². The van der Waals surface area contributed by atoms with Crippen LogP contribution in [0.3, 0.4) is 0 Å². The lowest BCUT2D eigenvalue weighted by Gasteiger charge is -1.96. The van der Waals surface area contributed by atoms with E-state index < -0.39 is 0 Å². The minimum Gasteiger partial charge on any atom is -0.392 e. The molecule has 1 aromatic heterocycles. The smallest absolute Gasteiger partial charge is 0.159 e. The topological polar surface area (TPSA) is 56.9 Å². The zero-order valence-electron chi connectivity index (χ0n) is 7.58. The van der Waals surface area contributed by atoms with Gasteiger partial charge in [-0.3, -0.25) is 0 Å². The minimum atomic E-state index is -0.113. The maximum Gasteiger partial charge on any atom is 0.159 e. The number of pyridine rings is 1. The quantitative estimate of drug-likeness (QED) is 0.752. The normalized spacial score (nSPS) is 8.23. The van der Waals surface area contributed by atoms with Gasteiger partial charge < -0.3 is 5.11 Å². The molecule has 1 heterocycles. The van der Waals surface area contributed by atoms with Gasteiger partial charge in [-0.1, -0.05) is 25.4 Å². The Kier molecular flexibility index (Phi) is 5.86. The molecule has 0 saturated heterocycles. The predicted molar refractivity (Wildman–Crippen MR) is 51.2 cm³/mol. The number of nitrogens with zero attached hydrogens (tertiary/aromatic N) is 2. The van der Waals surface area contributed by atoms with Crippen molar-refractivity contribution in [2.24, 2.45) is 0 Å². The van der Waals surface area contributed by atoms with Crippen LogP contribution in [0.2, 0.25) is 5.02 Å². The van der Waals surface area contributed by atoms with Crippen molar-refractivity contribution in [1.29, 1.82) is 5.26 Å². The Balaban J connectivity index is 0.000000671. The van der Waals surface area contributed by atoms with E-state index in [1.54, 1.807) is 0 Å². The van der Waals surface area contributed by atoms with Crippen LogP contribution in [0.25, 0.3) is 0 Å². The predicted octanol–water partition coefficient (Wildman–Crippen LogP) is 2.13. The largest absolute Gasteiger partial charge is 0.392 e. The summed E-state index contributed by atoms with van der Waals surface area (Å²) in [4.78, 5) is 3.71. The van der Waals surface area contributed by atoms with Crippen LogP contribution in [0.15, 0.2) is 12.3 Å². The van der Waals surface area contributed by atoms with E-state index in [4.69, 9.17) is 22.0 Å². The van der Waals surface area contributed by atoms with E-state index in [2.05, 4.69) is 4.98 Å². The van der Waals surface area contributed by atoms with Gasteiger partial charge in [-0.25, -0.2) is 4.98 Å². The summed E-state index contributed by atoms with van der Waals surface area (Å²) in [7, 11) is 0. The third-order valence-electron chi connectivity index (χ3n) is 1.19. The Morgan fingerprint density at radius 2 is 2.23 bits per heavy atom. The molecule has 0 unspecified atom stereocenters. The van der Waals surface area contributed by atoms with Gasteiger partial charge in [0.15, 0.2) is 5.69 Å². The lowest BCUT2D eigenvalue weighted by atomic mass is 10.3. The SMILES string of the molecule is CC.N#Cc1ncc(CO)cc1Cl. The molecule has 0 atom stereocenters. The Morgan fingerprint density at radius 1 is 1.62 bits per heavy atom. The van der Waals surface area contributed by atoms with Crippen LogP contribution in [0.4, 0.5) is 0 Å². The van der Waals surface area contributed by atoms with E-state index in [1.807, 2.05) is 19.9 Å². The molecule has 0 spiro atoms. The molecule has 4 heteroatoms. The lowest BCUT2D eigenvalue weighted by molar-refractivity contribution is 0.281. The molecule has 0 aliphatic carbocycles. The third kappa shape index (κ3) is 3.41. The van der Waals surface area contributed by atoms with Crippen molar-refractivity contribution in [3.05, 3.63) is 28.5 Å². The van der Waals surface area contributed by atoms with Gasteiger partial charge in [-0.05, 0) is 11.6 Å². The van der Waals surface area contributed by atoms with Crippen LogP contribution in [0.1, 0.15) is 25.1 Å². The molecule has 70 valence electrons. The Morgan fingerprint density at radius 3 is 2.62 bits per heavy atom. The second kappa shape index (κ2) is 6.41. The number of halogens is 1. The second-order valence-electron chi connectivity index (χ2n) is 1.94. The number of aliphatic hydroxyl groups is 1. The van der Waals surface area contributed by atoms with Gasteiger partial charge in [0.05, 0.1) is 11.6 Å². The van der Waals surface area contributed by atoms with E-state index in [9.17, 15) is 0 Å². The van der Waals surface area contributed by atoms with Crippen LogP contribution >= 0.6 is 11.6 Å². The van der Waals surface area contributed by atoms with Gasteiger partial charge in [0.25, 0.3) is 0 Å². The first-order chi connectivity index (χ1) is 6.27. The molecule has 0 fully saturated rings. The molecule has 3 nitrogen and oxygen atoms in total. The number of aliphatic hydroxyl groups excluding tert-OH is 1. The van der Waals surface area contributed by atoms with E-state index in [0.717, 1.165) is 0 Å². The Bertz CT molecular complexity index is 307. The maximum absolute atomic E-state index is 8.64. The molecule has 0 radical (unpaired) electrons. The average molecular weight is 199 g/mol. The van der Waals surface area contributed by atoms with Crippen LogP contribution < -0.4 is 0 Å². The molecule has 0 saturated carbocycles. The van der Waals surface area contributed by atoms with Crippen molar-refractivity contribution in [2.75, 3.05) is 0 Å². The molecule has 0 bridgehead atoms. The fraction of sp³-hybridized carbons (Fsp3) is 0.333. The van der Waals surface area contributed by atoms with Gasteiger partial charge in [0.2, 0.25) is 0 Å². The first kappa shape index (κ1) is 11.9. The first-order valence-corrected chi connectivity index (χ1v) is 4.31. The summed E-state index contributed by atoms with van der Waals surface area (Å²) in [6, 6.07) is 3.34. The highest BCUT2D eigenvalue weighted by molar-refractivity contribution is 6.31. The van der Waals surface area contributed by atoms with E-state index in [1.165, 1.54) is 12.3 Å². The van der Waals surface area contributed by atoms with Gasteiger partial charge in [-0.15, -0.1) is 0 Å². The molecule has 0 aliphatic rings. The number of hydrogen-bond acceptors (Lipinski definition) is 3. The molecule has 1 aromatic rings. The van der Waals surface area contributed by atoms with Crippen molar-refractivity contribution in [3.63, 3.8) is 0 Å². The average Bonchev–Trinajstić information content (AvgIpc) is 2.20. The van der Waals surface area contributed by atoms with E-state index in [0.29, 0.717) is 5.56 Å². The van der Waals surface area contributed by atoms with Gasteiger partial charge in [0, 0.05) is 6.20 Å².